The van der Waals surface area contributed by atoms with Crippen molar-refractivity contribution in [2.24, 2.45) is 5.92 Å². The van der Waals surface area contributed by atoms with E-state index in [1.54, 1.807) is 11.8 Å². The first-order valence-corrected chi connectivity index (χ1v) is 9.01. The zero-order chi connectivity index (χ0) is 13.5. The molecular formula is C16H27NOS. The summed E-state index contributed by atoms with van der Waals surface area (Å²) in [5.74, 6) is 4.14. The molecule has 1 aromatic heterocycles. The lowest BCUT2D eigenvalue weighted by Crippen LogP contribution is -2.32. The normalized spacial score (nSPS) is 23.7. The standard InChI is InChI=1S/C16H27NOS/c1-3-4-13-5-7-14(8-6-13)17-11-15-9-10-16(18-15)12-19-2/h9-10,13-14,17H,3-8,11-12H2,1-2H3. The summed E-state index contributed by atoms with van der Waals surface area (Å²) >= 11 is 1.80. The molecule has 2 rings (SSSR count). The van der Waals surface area contributed by atoms with E-state index in [9.17, 15) is 0 Å². The van der Waals surface area contributed by atoms with Crippen molar-refractivity contribution in [1.29, 1.82) is 0 Å². The van der Waals surface area contributed by atoms with E-state index in [-0.39, 0.29) is 0 Å². The van der Waals surface area contributed by atoms with Gasteiger partial charge in [-0.3, -0.25) is 0 Å². The third kappa shape index (κ3) is 4.88. The molecule has 1 fully saturated rings. The van der Waals surface area contributed by atoms with Crippen LogP contribution in [0.3, 0.4) is 0 Å². The molecule has 0 bridgehead atoms. The van der Waals surface area contributed by atoms with Gasteiger partial charge in [0.25, 0.3) is 0 Å². The van der Waals surface area contributed by atoms with E-state index in [0.717, 1.165) is 29.7 Å². The highest BCUT2D eigenvalue weighted by Gasteiger charge is 2.20. The Kier molecular flexibility index (Phi) is 6.32. The summed E-state index contributed by atoms with van der Waals surface area (Å²) in [5.41, 5.74) is 0. The highest BCUT2D eigenvalue weighted by atomic mass is 32.2. The van der Waals surface area contributed by atoms with Gasteiger partial charge in [-0.05, 0) is 50.0 Å². The van der Waals surface area contributed by atoms with Gasteiger partial charge >= 0.3 is 0 Å². The Bertz CT molecular complexity index is 355. The molecule has 1 aliphatic rings. The van der Waals surface area contributed by atoms with Gasteiger partial charge in [0.1, 0.15) is 11.5 Å². The van der Waals surface area contributed by atoms with Gasteiger partial charge in [0, 0.05) is 6.04 Å². The number of nitrogens with one attached hydrogen (secondary N) is 1. The molecule has 0 spiro atoms. The Balaban J connectivity index is 1.68. The van der Waals surface area contributed by atoms with Crippen molar-refractivity contribution < 1.29 is 4.42 Å². The highest BCUT2D eigenvalue weighted by Crippen LogP contribution is 2.27. The smallest absolute Gasteiger partial charge is 0.118 e. The van der Waals surface area contributed by atoms with E-state index in [1.807, 2.05) is 0 Å². The van der Waals surface area contributed by atoms with Gasteiger partial charge in [-0.1, -0.05) is 19.8 Å². The molecule has 0 amide bonds. The van der Waals surface area contributed by atoms with Crippen LogP contribution in [0.4, 0.5) is 0 Å². The minimum atomic E-state index is 0.696. The fraction of sp³-hybridized carbons (Fsp3) is 0.750. The van der Waals surface area contributed by atoms with Gasteiger partial charge < -0.3 is 9.73 Å². The van der Waals surface area contributed by atoms with Crippen LogP contribution in [0.2, 0.25) is 0 Å². The maximum atomic E-state index is 5.79. The van der Waals surface area contributed by atoms with Crippen LogP contribution in [0.5, 0.6) is 0 Å². The van der Waals surface area contributed by atoms with Crippen LogP contribution in [0.25, 0.3) is 0 Å². The van der Waals surface area contributed by atoms with E-state index in [4.69, 9.17) is 4.42 Å². The summed E-state index contributed by atoms with van der Waals surface area (Å²) < 4.78 is 5.79. The molecule has 0 radical (unpaired) electrons. The Hall–Kier alpha value is -0.410. The summed E-state index contributed by atoms with van der Waals surface area (Å²) in [7, 11) is 0. The second-order valence-corrected chi connectivity index (χ2v) is 6.55. The number of furan rings is 1. The number of rotatable bonds is 7. The summed E-state index contributed by atoms with van der Waals surface area (Å²) in [4.78, 5) is 0. The molecule has 19 heavy (non-hydrogen) atoms. The van der Waals surface area contributed by atoms with Crippen LogP contribution in [0, 0.1) is 5.92 Å². The Labute approximate surface area is 121 Å². The molecule has 0 unspecified atom stereocenters. The topological polar surface area (TPSA) is 25.2 Å². The second-order valence-electron chi connectivity index (χ2n) is 5.69. The maximum Gasteiger partial charge on any atom is 0.118 e. The third-order valence-corrected chi connectivity index (χ3v) is 4.69. The van der Waals surface area contributed by atoms with Gasteiger partial charge in [0.15, 0.2) is 0 Å². The molecule has 1 N–H and O–H groups in total. The lowest BCUT2D eigenvalue weighted by molar-refractivity contribution is 0.273. The van der Waals surface area contributed by atoms with Crippen LogP contribution in [-0.4, -0.2) is 12.3 Å². The zero-order valence-corrected chi connectivity index (χ0v) is 13.1. The fourth-order valence-electron chi connectivity index (χ4n) is 3.05. The first-order chi connectivity index (χ1) is 9.31. The largest absolute Gasteiger partial charge is 0.464 e. The molecule has 0 aromatic carbocycles. The number of hydrogen-bond acceptors (Lipinski definition) is 3. The lowest BCUT2D eigenvalue weighted by atomic mass is 9.83. The van der Waals surface area contributed by atoms with Gasteiger partial charge in [-0.25, -0.2) is 0 Å². The molecule has 0 saturated heterocycles. The molecule has 108 valence electrons. The Morgan fingerprint density at radius 3 is 2.63 bits per heavy atom. The summed E-state index contributed by atoms with van der Waals surface area (Å²) in [6.45, 7) is 3.19. The SMILES string of the molecule is CCCC1CCC(NCc2ccc(CSC)o2)CC1. The molecule has 0 aliphatic heterocycles. The lowest BCUT2D eigenvalue weighted by Gasteiger charge is -2.28. The third-order valence-electron chi connectivity index (χ3n) is 4.11. The fourth-order valence-corrected chi connectivity index (χ4v) is 3.49. The maximum absolute atomic E-state index is 5.79. The van der Waals surface area contributed by atoms with Gasteiger partial charge in [-0.15, -0.1) is 0 Å². The molecule has 0 atom stereocenters. The van der Waals surface area contributed by atoms with Crippen LogP contribution >= 0.6 is 11.8 Å². The average molecular weight is 281 g/mol. The van der Waals surface area contributed by atoms with Crippen molar-refractivity contribution in [2.75, 3.05) is 6.26 Å². The minimum absolute atomic E-state index is 0.696. The van der Waals surface area contributed by atoms with Gasteiger partial charge in [0.2, 0.25) is 0 Å². The van der Waals surface area contributed by atoms with E-state index >= 15 is 0 Å². The molecule has 1 heterocycles. The minimum Gasteiger partial charge on any atom is -0.464 e. The van der Waals surface area contributed by atoms with Crippen LogP contribution in [-0.2, 0) is 12.3 Å². The highest BCUT2D eigenvalue weighted by molar-refractivity contribution is 7.97. The first-order valence-electron chi connectivity index (χ1n) is 7.61. The van der Waals surface area contributed by atoms with E-state index in [2.05, 4.69) is 30.6 Å². The van der Waals surface area contributed by atoms with E-state index in [0.29, 0.717) is 6.04 Å². The molecule has 1 aliphatic carbocycles. The average Bonchev–Trinajstić information content (AvgIpc) is 2.87. The molecule has 2 nitrogen and oxygen atoms in total. The summed E-state index contributed by atoms with van der Waals surface area (Å²) in [5, 5.41) is 3.66. The summed E-state index contributed by atoms with van der Waals surface area (Å²) in [6.07, 6.45) is 10.3. The van der Waals surface area contributed by atoms with Gasteiger partial charge in [0.05, 0.1) is 12.3 Å². The monoisotopic (exact) mass is 281 g/mol. The van der Waals surface area contributed by atoms with Crippen molar-refractivity contribution in [2.45, 2.75) is 63.8 Å². The van der Waals surface area contributed by atoms with Crippen molar-refractivity contribution in [3.05, 3.63) is 23.7 Å². The second kappa shape index (κ2) is 8.01. The number of thioether (sulfide) groups is 1. The predicted octanol–water partition coefficient (Wildman–Crippen LogP) is 4.59. The Morgan fingerprint density at radius 2 is 1.95 bits per heavy atom. The molecular weight excluding hydrogens is 254 g/mol. The van der Waals surface area contributed by atoms with E-state index in [1.165, 1.54) is 38.5 Å². The van der Waals surface area contributed by atoms with Crippen LogP contribution in [0.15, 0.2) is 16.5 Å². The molecule has 1 aromatic rings. The van der Waals surface area contributed by atoms with Crippen molar-refractivity contribution in [1.82, 2.24) is 5.32 Å². The molecule has 1 saturated carbocycles. The Morgan fingerprint density at radius 1 is 1.21 bits per heavy atom. The van der Waals surface area contributed by atoms with Gasteiger partial charge in [-0.2, -0.15) is 11.8 Å². The van der Waals surface area contributed by atoms with Crippen LogP contribution < -0.4 is 5.32 Å². The summed E-state index contributed by atoms with van der Waals surface area (Å²) in [6, 6.07) is 4.91. The predicted molar refractivity (Wildman–Crippen MR) is 83.4 cm³/mol. The van der Waals surface area contributed by atoms with Crippen molar-refractivity contribution in [3.8, 4) is 0 Å². The molecule has 3 heteroatoms. The first kappa shape index (κ1) is 15.0. The quantitative estimate of drug-likeness (QED) is 0.791. The zero-order valence-electron chi connectivity index (χ0n) is 12.3. The van der Waals surface area contributed by atoms with Crippen molar-refractivity contribution >= 4 is 11.8 Å². The van der Waals surface area contributed by atoms with E-state index < -0.39 is 0 Å². The number of hydrogen-bond donors (Lipinski definition) is 1. The van der Waals surface area contributed by atoms with Crippen LogP contribution in [0.1, 0.15) is 57.0 Å². The van der Waals surface area contributed by atoms with Crippen molar-refractivity contribution in [3.63, 3.8) is 0 Å².